The normalized spacial score (nSPS) is 10.2. The maximum Gasteiger partial charge on any atom is 0.344 e. The SMILES string of the molecule is Cc1ccc(Cl)c(OCC(=O)OCC(=O)Nc2ccc(Cl)cc2Cl)c1. The molecule has 1 N–H and O–H groups in total. The van der Waals surface area contributed by atoms with E-state index >= 15 is 0 Å². The maximum absolute atomic E-state index is 11.8. The second-order valence-electron chi connectivity index (χ2n) is 5.06. The van der Waals surface area contributed by atoms with Gasteiger partial charge in [-0.2, -0.15) is 0 Å². The summed E-state index contributed by atoms with van der Waals surface area (Å²) in [7, 11) is 0. The van der Waals surface area contributed by atoms with E-state index in [9.17, 15) is 9.59 Å². The first kappa shape index (κ1) is 19.4. The number of hydrogen-bond donors (Lipinski definition) is 1. The predicted molar refractivity (Wildman–Crippen MR) is 97.7 cm³/mol. The molecule has 8 heteroatoms. The summed E-state index contributed by atoms with van der Waals surface area (Å²) in [4.78, 5) is 23.5. The first-order valence-corrected chi connectivity index (χ1v) is 8.28. The van der Waals surface area contributed by atoms with Crippen molar-refractivity contribution in [2.75, 3.05) is 18.5 Å². The summed E-state index contributed by atoms with van der Waals surface area (Å²) < 4.78 is 10.1. The Morgan fingerprint density at radius 1 is 1.00 bits per heavy atom. The van der Waals surface area contributed by atoms with E-state index in [0.29, 0.717) is 21.5 Å². The number of hydrogen-bond acceptors (Lipinski definition) is 4. The third-order valence-electron chi connectivity index (χ3n) is 3.00. The molecule has 1 amide bonds. The van der Waals surface area contributed by atoms with E-state index in [-0.39, 0.29) is 11.6 Å². The minimum Gasteiger partial charge on any atom is -0.480 e. The highest BCUT2D eigenvalue weighted by atomic mass is 35.5. The Morgan fingerprint density at radius 2 is 1.76 bits per heavy atom. The highest BCUT2D eigenvalue weighted by Crippen LogP contribution is 2.26. The molecule has 0 spiro atoms. The molecular formula is C17H14Cl3NO4. The second kappa shape index (κ2) is 8.94. The molecule has 5 nitrogen and oxygen atoms in total. The number of aryl methyl sites for hydroxylation is 1. The zero-order chi connectivity index (χ0) is 18.4. The van der Waals surface area contributed by atoms with E-state index in [2.05, 4.69) is 5.32 Å². The number of esters is 1. The van der Waals surface area contributed by atoms with Crippen molar-refractivity contribution in [1.82, 2.24) is 0 Å². The number of anilines is 1. The largest absolute Gasteiger partial charge is 0.480 e. The van der Waals surface area contributed by atoms with Crippen molar-refractivity contribution in [3.05, 3.63) is 57.0 Å². The van der Waals surface area contributed by atoms with E-state index < -0.39 is 18.5 Å². The highest BCUT2D eigenvalue weighted by Gasteiger charge is 2.11. The minimum atomic E-state index is -0.699. The average Bonchev–Trinajstić information content (AvgIpc) is 2.56. The first-order chi connectivity index (χ1) is 11.8. The number of carbonyl (C=O) groups is 2. The lowest BCUT2D eigenvalue weighted by molar-refractivity contribution is -0.149. The van der Waals surface area contributed by atoms with Gasteiger partial charge in [0, 0.05) is 5.02 Å². The molecular weight excluding hydrogens is 389 g/mol. The Morgan fingerprint density at radius 3 is 2.48 bits per heavy atom. The zero-order valence-electron chi connectivity index (χ0n) is 13.1. The van der Waals surface area contributed by atoms with Gasteiger partial charge in [0.05, 0.1) is 15.7 Å². The van der Waals surface area contributed by atoms with Crippen LogP contribution < -0.4 is 10.1 Å². The molecule has 0 heterocycles. The van der Waals surface area contributed by atoms with Crippen molar-refractivity contribution >= 4 is 52.4 Å². The summed E-state index contributed by atoms with van der Waals surface area (Å²) in [5, 5.41) is 3.63. The van der Waals surface area contributed by atoms with E-state index in [1.54, 1.807) is 24.3 Å². The van der Waals surface area contributed by atoms with Gasteiger partial charge in [-0.3, -0.25) is 4.79 Å². The molecule has 0 unspecified atom stereocenters. The van der Waals surface area contributed by atoms with Crippen LogP contribution in [0.4, 0.5) is 5.69 Å². The van der Waals surface area contributed by atoms with Gasteiger partial charge < -0.3 is 14.8 Å². The molecule has 25 heavy (non-hydrogen) atoms. The third kappa shape index (κ3) is 6.12. The van der Waals surface area contributed by atoms with Crippen LogP contribution in [0.15, 0.2) is 36.4 Å². The summed E-state index contributed by atoms with van der Waals surface area (Å²) in [6.45, 7) is 1.04. The van der Waals surface area contributed by atoms with Gasteiger partial charge in [0.15, 0.2) is 13.2 Å². The van der Waals surface area contributed by atoms with Crippen LogP contribution in [0.25, 0.3) is 0 Å². The summed E-state index contributed by atoms with van der Waals surface area (Å²) in [6, 6.07) is 9.80. The van der Waals surface area contributed by atoms with Crippen LogP contribution in [-0.4, -0.2) is 25.1 Å². The lowest BCUT2D eigenvalue weighted by Gasteiger charge is -2.10. The van der Waals surface area contributed by atoms with Crippen molar-refractivity contribution in [1.29, 1.82) is 0 Å². The molecule has 0 atom stereocenters. The van der Waals surface area contributed by atoms with Gasteiger partial charge in [0.25, 0.3) is 5.91 Å². The lowest BCUT2D eigenvalue weighted by atomic mass is 10.2. The van der Waals surface area contributed by atoms with E-state index in [1.165, 1.54) is 6.07 Å². The maximum atomic E-state index is 11.8. The fourth-order valence-electron chi connectivity index (χ4n) is 1.82. The lowest BCUT2D eigenvalue weighted by Crippen LogP contribution is -2.23. The van der Waals surface area contributed by atoms with E-state index in [1.807, 2.05) is 13.0 Å². The van der Waals surface area contributed by atoms with E-state index in [4.69, 9.17) is 44.3 Å². The second-order valence-corrected chi connectivity index (χ2v) is 6.31. The smallest absolute Gasteiger partial charge is 0.344 e. The Balaban J connectivity index is 1.79. The summed E-state index contributed by atoms with van der Waals surface area (Å²) in [6.07, 6.45) is 0. The number of halogens is 3. The van der Waals surface area contributed by atoms with Crippen LogP contribution in [0.3, 0.4) is 0 Å². The molecule has 0 saturated carbocycles. The van der Waals surface area contributed by atoms with Crippen LogP contribution >= 0.6 is 34.8 Å². The fraction of sp³-hybridized carbons (Fsp3) is 0.176. The van der Waals surface area contributed by atoms with Crippen molar-refractivity contribution in [2.45, 2.75) is 6.92 Å². The van der Waals surface area contributed by atoms with Gasteiger partial charge in [0.1, 0.15) is 5.75 Å². The Kier molecular flexibility index (Phi) is 6.93. The number of rotatable bonds is 6. The van der Waals surface area contributed by atoms with Crippen molar-refractivity contribution in [3.8, 4) is 5.75 Å². The van der Waals surface area contributed by atoms with Gasteiger partial charge in [-0.05, 0) is 42.8 Å². The number of amides is 1. The van der Waals surface area contributed by atoms with Crippen LogP contribution in [-0.2, 0) is 14.3 Å². The van der Waals surface area contributed by atoms with Crippen LogP contribution in [0.1, 0.15) is 5.56 Å². The molecule has 2 rings (SSSR count). The molecule has 0 aliphatic rings. The van der Waals surface area contributed by atoms with Crippen LogP contribution in [0.5, 0.6) is 5.75 Å². The third-order valence-corrected chi connectivity index (χ3v) is 3.86. The first-order valence-electron chi connectivity index (χ1n) is 7.14. The number of benzene rings is 2. The highest BCUT2D eigenvalue weighted by molar-refractivity contribution is 6.36. The number of carbonyl (C=O) groups excluding carboxylic acids is 2. The zero-order valence-corrected chi connectivity index (χ0v) is 15.4. The van der Waals surface area contributed by atoms with E-state index in [0.717, 1.165) is 5.56 Å². The van der Waals surface area contributed by atoms with Crippen molar-refractivity contribution < 1.29 is 19.1 Å². The molecule has 0 bridgehead atoms. The minimum absolute atomic E-state index is 0.282. The predicted octanol–water partition coefficient (Wildman–Crippen LogP) is 4.52. The van der Waals surface area contributed by atoms with Crippen molar-refractivity contribution in [3.63, 3.8) is 0 Å². The molecule has 2 aromatic carbocycles. The quantitative estimate of drug-likeness (QED) is 0.722. The van der Waals surface area contributed by atoms with Crippen LogP contribution in [0, 0.1) is 6.92 Å². The molecule has 0 saturated heterocycles. The standard InChI is InChI=1S/C17H14Cl3NO4/c1-10-2-4-12(19)15(6-10)24-9-17(23)25-8-16(22)21-14-5-3-11(18)7-13(14)20/h2-7H,8-9H2,1H3,(H,21,22). The summed E-state index contributed by atoms with van der Waals surface area (Å²) in [5.41, 5.74) is 1.31. The average molecular weight is 403 g/mol. The summed E-state index contributed by atoms with van der Waals surface area (Å²) in [5.74, 6) is -0.864. The summed E-state index contributed by atoms with van der Waals surface area (Å²) >= 11 is 17.7. The topological polar surface area (TPSA) is 64.6 Å². The van der Waals surface area contributed by atoms with Gasteiger partial charge in [0.2, 0.25) is 0 Å². The molecule has 0 aromatic heterocycles. The molecule has 0 radical (unpaired) electrons. The van der Waals surface area contributed by atoms with Gasteiger partial charge in [-0.15, -0.1) is 0 Å². The molecule has 132 valence electrons. The van der Waals surface area contributed by atoms with Gasteiger partial charge >= 0.3 is 5.97 Å². The molecule has 2 aromatic rings. The fourth-order valence-corrected chi connectivity index (χ4v) is 2.45. The molecule has 0 aliphatic heterocycles. The Labute approximate surface area is 159 Å². The number of ether oxygens (including phenoxy) is 2. The number of nitrogens with one attached hydrogen (secondary N) is 1. The monoisotopic (exact) mass is 401 g/mol. The van der Waals surface area contributed by atoms with Crippen molar-refractivity contribution in [2.24, 2.45) is 0 Å². The Hall–Kier alpha value is -1.95. The van der Waals surface area contributed by atoms with Crippen LogP contribution in [0.2, 0.25) is 15.1 Å². The van der Waals surface area contributed by atoms with Gasteiger partial charge in [-0.1, -0.05) is 40.9 Å². The molecule has 0 aliphatic carbocycles. The Bertz CT molecular complexity index is 795. The van der Waals surface area contributed by atoms with Gasteiger partial charge in [-0.25, -0.2) is 4.79 Å². The molecule has 0 fully saturated rings.